The van der Waals surface area contributed by atoms with Gasteiger partial charge in [-0.3, -0.25) is 5.50 Å². The van der Waals surface area contributed by atoms with E-state index in [1.807, 2.05) is 0 Å². The number of hydrogen-bond donors (Lipinski definition) is 3. The lowest BCUT2D eigenvalue weighted by Crippen LogP contribution is -2.08. The third kappa shape index (κ3) is 8.19. The molecule has 0 saturated carbocycles. The molecule has 0 saturated heterocycles. The van der Waals surface area contributed by atoms with Crippen LogP contribution in [0.3, 0.4) is 0 Å². The molecular weight excluding hydrogens is 147 g/mol. The molecule has 0 aliphatic carbocycles. The van der Waals surface area contributed by atoms with Crippen molar-refractivity contribution in [2.75, 3.05) is 13.2 Å². The standard InChI is InChI=1S/C2H9N2O4P/c3-6-1-2-7-8-9(4)5/h5H,1-4H2. The lowest BCUT2D eigenvalue weighted by molar-refractivity contribution is -0.214. The second-order valence-corrected chi connectivity index (χ2v) is 1.82. The van der Waals surface area contributed by atoms with E-state index in [1.54, 1.807) is 0 Å². The minimum Gasteiger partial charge on any atom is -0.336 e. The molecular formula is C2H9N2O4P. The van der Waals surface area contributed by atoms with E-state index < -0.39 is 8.53 Å². The number of nitrogens with two attached hydrogens (primary N) is 2. The van der Waals surface area contributed by atoms with E-state index in [2.05, 4.69) is 20.3 Å². The summed E-state index contributed by atoms with van der Waals surface area (Å²) in [4.78, 5) is 16.7. The molecule has 1 atom stereocenters. The molecule has 0 bridgehead atoms. The van der Waals surface area contributed by atoms with Crippen molar-refractivity contribution in [2.45, 2.75) is 0 Å². The first-order chi connectivity index (χ1) is 4.27. The molecule has 7 heteroatoms. The summed E-state index contributed by atoms with van der Waals surface area (Å²) in [5.74, 6) is 4.62. The quantitative estimate of drug-likeness (QED) is 0.204. The molecule has 0 fully saturated rings. The maximum Gasteiger partial charge on any atom is 0.283 e. The normalized spacial score (nSPS) is 13.7. The monoisotopic (exact) mass is 156 g/mol. The van der Waals surface area contributed by atoms with Gasteiger partial charge >= 0.3 is 0 Å². The van der Waals surface area contributed by atoms with Gasteiger partial charge in [-0.15, -0.1) is 0 Å². The first-order valence-corrected chi connectivity index (χ1v) is 3.40. The average molecular weight is 156 g/mol. The Morgan fingerprint density at radius 3 is 2.56 bits per heavy atom. The van der Waals surface area contributed by atoms with Crippen LogP contribution in [0.25, 0.3) is 0 Å². The zero-order chi connectivity index (χ0) is 7.11. The molecule has 0 rings (SSSR count). The maximum atomic E-state index is 8.28. The predicted molar refractivity (Wildman–Crippen MR) is 30.5 cm³/mol. The van der Waals surface area contributed by atoms with Gasteiger partial charge in [-0.2, -0.15) is 4.67 Å². The molecule has 0 amide bonds. The van der Waals surface area contributed by atoms with Gasteiger partial charge in [-0.1, -0.05) is 0 Å². The minimum absolute atomic E-state index is 0.146. The second kappa shape index (κ2) is 6.31. The minimum atomic E-state index is -1.94. The Kier molecular flexibility index (Phi) is 6.45. The highest BCUT2D eigenvalue weighted by Crippen LogP contribution is 2.18. The van der Waals surface area contributed by atoms with Crippen LogP contribution in [0.2, 0.25) is 0 Å². The highest BCUT2D eigenvalue weighted by Gasteiger charge is 1.95. The van der Waals surface area contributed by atoms with Crippen LogP contribution in [0, 0.1) is 0 Å². The molecule has 1 unspecified atom stereocenters. The molecule has 0 aromatic rings. The van der Waals surface area contributed by atoms with Crippen molar-refractivity contribution in [3.63, 3.8) is 0 Å². The van der Waals surface area contributed by atoms with E-state index in [4.69, 9.17) is 10.4 Å². The Labute approximate surface area is 53.5 Å². The molecule has 0 aromatic heterocycles. The van der Waals surface area contributed by atoms with Gasteiger partial charge in [0.05, 0.1) is 6.61 Å². The van der Waals surface area contributed by atoms with E-state index in [0.717, 1.165) is 0 Å². The van der Waals surface area contributed by atoms with Crippen LogP contribution in [0.15, 0.2) is 0 Å². The fourth-order valence-corrected chi connectivity index (χ4v) is 0.356. The molecule has 0 aliphatic heterocycles. The molecule has 0 heterocycles. The lowest BCUT2D eigenvalue weighted by atomic mass is 10.8. The van der Waals surface area contributed by atoms with Crippen molar-refractivity contribution < 1.29 is 19.3 Å². The third-order valence-corrected chi connectivity index (χ3v) is 0.672. The van der Waals surface area contributed by atoms with Crippen LogP contribution >= 0.6 is 8.53 Å². The summed E-state index contributed by atoms with van der Waals surface area (Å²) in [6.45, 7) is 0.344. The summed E-state index contributed by atoms with van der Waals surface area (Å²) in [6, 6.07) is 0. The molecule has 0 radical (unpaired) electrons. The van der Waals surface area contributed by atoms with E-state index in [-0.39, 0.29) is 13.2 Å². The number of hydrogen-bond acceptors (Lipinski definition) is 6. The Bertz CT molecular complexity index is 62.5. The summed E-state index contributed by atoms with van der Waals surface area (Å²) in [7, 11) is -1.94. The van der Waals surface area contributed by atoms with E-state index >= 15 is 0 Å². The first-order valence-electron chi connectivity index (χ1n) is 2.12. The van der Waals surface area contributed by atoms with Crippen LogP contribution in [-0.4, -0.2) is 18.1 Å². The van der Waals surface area contributed by atoms with E-state index in [1.165, 1.54) is 0 Å². The van der Waals surface area contributed by atoms with Gasteiger partial charge in [0.2, 0.25) is 0 Å². The molecule has 6 nitrogen and oxygen atoms in total. The fraction of sp³-hybridized carbons (Fsp3) is 1.00. The number of rotatable bonds is 5. The van der Waals surface area contributed by atoms with E-state index in [9.17, 15) is 0 Å². The van der Waals surface area contributed by atoms with Crippen LogP contribution < -0.4 is 11.4 Å². The molecule has 0 aromatic carbocycles. The van der Waals surface area contributed by atoms with Crippen molar-refractivity contribution in [1.29, 1.82) is 0 Å². The SMILES string of the molecule is NOCCOOP(N)O. The van der Waals surface area contributed by atoms with Crippen LogP contribution in [0.4, 0.5) is 0 Å². The summed E-state index contributed by atoms with van der Waals surface area (Å²) in [5.41, 5.74) is 4.78. The van der Waals surface area contributed by atoms with Crippen molar-refractivity contribution in [3.05, 3.63) is 0 Å². The first kappa shape index (κ1) is 9.19. The Morgan fingerprint density at radius 2 is 2.11 bits per heavy atom. The van der Waals surface area contributed by atoms with Gasteiger partial charge in [0.15, 0.2) is 0 Å². The largest absolute Gasteiger partial charge is 0.336 e. The summed E-state index contributed by atoms with van der Waals surface area (Å²) < 4.78 is 4.11. The highest BCUT2D eigenvalue weighted by atomic mass is 31.2. The van der Waals surface area contributed by atoms with Gasteiger partial charge < -0.3 is 9.73 Å². The van der Waals surface area contributed by atoms with Crippen molar-refractivity contribution in [2.24, 2.45) is 11.4 Å². The van der Waals surface area contributed by atoms with Crippen LogP contribution in [0.1, 0.15) is 0 Å². The average Bonchev–Trinajstić information content (AvgIpc) is 1.80. The molecule has 0 aliphatic rings. The zero-order valence-electron chi connectivity index (χ0n) is 4.69. The van der Waals surface area contributed by atoms with Gasteiger partial charge in [0.1, 0.15) is 6.61 Å². The smallest absolute Gasteiger partial charge is 0.283 e. The van der Waals surface area contributed by atoms with E-state index in [0.29, 0.717) is 0 Å². The van der Waals surface area contributed by atoms with Gasteiger partial charge in [-0.25, -0.2) is 10.8 Å². The van der Waals surface area contributed by atoms with Crippen LogP contribution in [-0.2, 0) is 14.4 Å². The molecule has 0 spiro atoms. The van der Waals surface area contributed by atoms with Gasteiger partial charge in [0, 0.05) is 0 Å². The Balaban J connectivity index is 2.75. The lowest BCUT2D eigenvalue weighted by Gasteiger charge is -2.02. The second-order valence-electron chi connectivity index (χ2n) is 1.07. The fourth-order valence-electron chi connectivity index (χ4n) is 0.173. The highest BCUT2D eigenvalue weighted by molar-refractivity contribution is 7.43. The maximum absolute atomic E-state index is 8.28. The summed E-state index contributed by atoms with van der Waals surface area (Å²) in [5, 5.41) is 0. The van der Waals surface area contributed by atoms with Gasteiger partial charge in [-0.05, 0) is 0 Å². The molecule has 56 valence electrons. The third-order valence-electron chi connectivity index (χ3n) is 0.414. The zero-order valence-corrected chi connectivity index (χ0v) is 5.58. The van der Waals surface area contributed by atoms with Gasteiger partial charge in [0.25, 0.3) is 8.53 Å². The van der Waals surface area contributed by atoms with Crippen molar-refractivity contribution >= 4 is 8.53 Å². The predicted octanol–water partition coefficient (Wildman–Crippen LogP) is -0.997. The topological polar surface area (TPSA) is 100.0 Å². The summed E-state index contributed by atoms with van der Waals surface area (Å²) in [6.07, 6.45) is 0. The van der Waals surface area contributed by atoms with Crippen molar-refractivity contribution in [3.8, 4) is 0 Å². The van der Waals surface area contributed by atoms with Crippen molar-refractivity contribution in [1.82, 2.24) is 0 Å². The Hall–Kier alpha value is 0.190. The van der Waals surface area contributed by atoms with Crippen LogP contribution in [0.5, 0.6) is 0 Å². The summed E-state index contributed by atoms with van der Waals surface area (Å²) >= 11 is 0. The molecule has 9 heavy (non-hydrogen) atoms. The Morgan fingerprint density at radius 1 is 1.44 bits per heavy atom. The molecule has 5 N–H and O–H groups in total.